The Morgan fingerprint density at radius 3 is 2.14 bits per heavy atom. The van der Waals surface area contributed by atoms with Crippen LogP contribution in [0.15, 0.2) is 0 Å². The summed E-state index contributed by atoms with van der Waals surface area (Å²) in [5.41, 5.74) is 5.78. The van der Waals surface area contributed by atoms with Crippen molar-refractivity contribution in [3.8, 4) is 0 Å². The summed E-state index contributed by atoms with van der Waals surface area (Å²) < 4.78 is 5.39. The van der Waals surface area contributed by atoms with E-state index in [-0.39, 0.29) is 36.1 Å². The fourth-order valence-electron chi connectivity index (χ4n) is 2.40. The van der Waals surface area contributed by atoms with Crippen LogP contribution >= 0.6 is 24.8 Å². The number of amides is 1. The molecule has 1 rings (SSSR count). The van der Waals surface area contributed by atoms with Gasteiger partial charge in [0.25, 0.3) is 0 Å². The van der Waals surface area contributed by atoms with Crippen LogP contribution in [0.1, 0.15) is 34.6 Å². The molecule has 0 aliphatic carbocycles. The lowest BCUT2D eigenvalue weighted by Gasteiger charge is -2.37. The number of carbonyl (C=O) groups is 1. The first-order valence-electron chi connectivity index (χ1n) is 7.58. The van der Waals surface area contributed by atoms with Gasteiger partial charge in [-0.3, -0.25) is 9.69 Å². The van der Waals surface area contributed by atoms with Crippen molar-refractivity contribution in [3.05, 3.63) is 0 Å². The molecule has 22 heavy (non-hydrogen) atoms. The smallest absolute Gasteiger partial charge is 0.237 e. The summed E-state index contributed by atoms with van der Waals surface area (Å²) in [6.07, 6.45) is 0. The minimum Gasteiger partial charge on any atom is -0.379 e. The van der Waals surface area contributed by atoms with Gasteiger partial charge in [0.05, 0.1) is 19.3 Å². The van der Waals surface area contributed by atoms with Gasteiger partial charge in [-0.15, -0.1) is 24.8 Å². The number of nitrogens with two attached hydrogens (primary N) is 1. The van der Waals surface area contributed by atoms with Gasteiger partial charge in [-0.25, -0.2) is 0 Å². The Kier molecular flexibility index (Phi) is 11.7. The minimum atomic E-state index is -0.472. The third-order valence-corrected chi connectivity index (χ3v) is 3.99. The second-order valence-electron chi connectivity index (χ2n) is 7.05. The second-order valence-corrected chi connectivity index (χ2v) is 7.05. The molecule has 1 amide bonds. The molecule has 0 saturated carbocycles. The molecule has 5 nitrogen and oxygen atoms in total. The van der Waals surface area contributed by atoms with E-state index in [4.69, 9.17) is 10.5 Å². The van der Waals surface area contributed by atoms with Gasteiger partial charge >= 0.3 is 0 Å². The predicted octanol–water partition coefficient (Wildman–Crippen LogP) is 1.68. The van der Waals surface area contributed by atoms with Gasteiger partial charge in [0.1, 0.15) is 0 Å². The monoisotopic (exact) mass is 357 g/mol. The summed E-state index contributed by atoms with van der Waals surface area (Å²) in [7, 11) is 0. The van der Waals surface area contributed by atoms with Crippen molar-refractivity contribution in [1.82, 2.24) is 10.2 Å². The maximum absolute atomic E-state index is 12.1. The maximum Gasteiger partial charge on any atom is 0.237 e. The maximum atomic E-state index is 12.1. The first-order valence-corrected chi connectivity index (χ1v) is 7.58. The summed E-state index contributed by atoms with van der Waals surface area (Å²) >= 11 is 0. The van der Waals surface area contributed by atoms with Gasteiger partial charge in [0, 0.05) is 25.7 Å². The van der Waals surface area contributed by atoms with E-state index in [1.54, 1.807) is 0 Å². The molecule has 2 atom stereocenters. The molecule has 134 valence electrons. The highest BCUT2D eigenvalue weighted by molar-refractivity contribution is 5.85. The summed E-state index contributed by atoms with van der Waals surface area (Å²) in [6.45, 7) is 14.4. The number of hydrogen-bond donors (Lipinski definition) is 2. The molecule has 1 aliphatic heterocycles. The molecule has 0 spiro atoms. The number of nitrogens with zero attached hydrogens (tertiary/aromatic N) is 1. The molecular weight excluding hydrogens is 325 g/mol. The van der Waals surface area contributed by atoms with Crippen molar-refractivity contribution in [2.24, 2.45) is 17.1 Å². The van der Waals surface area contributed by atoms with E-state index < -0.39 is 6.04 Å². The molecule has 0 aromatic carbocycles. The standard InChI is InChI=1S/C15H31N3O2.2ClH/c1-11(2)12(18-6-8-20-9-7-18)10-17-14(19)13(16)15(3,4)5;;/h11-13H,6-10,16H2,1-5H3,(H,17,19);2*1H/t12?,13-;;/m1../s1. The van der Waals surface area contributed by atoms with E-state index in [0.29, 0.717) is 18.5 Å². The van der Waals surface area contributed by atoms with Crippen LogP contribution in [-0.4, -0.2) is 55.7 Å². The number of ether oxygens (including phenoxy) is 1. The lowest BCUT2D eigenvalue weighted by atomic mass is 9.87. The largest absolute Gasteiger partial charge is 0.379 e. The first kappa shape index (κ1) is 24.2. The molecule has 1 fully saturated rings. The highest BCUT2D eigenvalue weighted by atomic mass is 35.5. The van der Waals surface area contributed by atoms with Gasteiger partial charge in [-0.05, 0) is 11.3 Å². The van der Waals surface area contributed by atoms with Crippen LogP contribution in [0, 0.1) is 11.3 Å². The molecular formula is C15H33Cl2N3O2. The van der Waals surface area contributed by atoms with Crippen molar-refractivity contribution in [2.75, 3.05) is 32.8 Å². The van der Waals surface area contributed by atoms with Crippen LogP contribution in [0.5, 0.6) is 0 Å². The lowest BCUT2D eigenvalue weighted by Crippen LogP contribution is -2.54. The summed E-state index contributed by atoms with van der Waals surface area (Å²) in [5.74, 6) is 0.427. The van der Waals surface area contributed by atoms with Crippen LogP contribution in [0.4, 0.5) is 0 Å². The van der Waals surface area contributed by atoms with Crippen molar-refractivity contribution in [2.45, 2.75) is 46.7 Å². The van der Waals surface area contributed by atoms with Crippen LogP contribution in [0.2, 0.25) is 0 Å². The van der Waals surface area contributed by atoms with Gasteiger partial charge < -0.3 is 15.8 Å². The number of halogens is 2. The Balaban J connectivity index is 0. The van der Waals surface area contributed by atoms with Crippen molar-refractivity contribution in [3.63, 3.8) is 0 Å². The number of carbonyl (C=O) groups excluding carboxylic acids is 1. The van der Waals surface area contributed by atoms with Crippen LogP contribution in [0.3, 0.4) is 0 Å². The molecule has 1 aliphatic rings. The summed E-state index contributed by atoms with van der Waals surface area (Å²) in [4.78, 5) is 14.5. The zero-order valence-electron chi connectivity index (χ0n) is 14.4. The SMILES string of the molecule is CC(C)C(CNC(=O)[C@@H](N)C(C)(C)C)N1CCOCC1.Cl.Cl. The summed E-state index contributed by atoms with van der Waals surface area (Å²) in [5, 5.41) is 3.02. The zero-order valence-corrected chi connectivity index (χ0v) is 16.1. The van der Waals surface area contributed by atoms with Crippen LogP contribution in [0.25, 0.3) is 0 Å². The Labute approximate surface area is 147 Å². The average Bonchev–Trinajstić information content (AvgIpc) is 2.37. The Morgan fingerprint density at radius 2 is 1.73 bits per heavy atom. The van der Waals surface area contributed by atoms with Gasteiger partial charge in [0.2, 0.25) is 5.91 Å². The highest BCUT2D eigenvalue weighted by Gasteiger charge is 2.29. The molecule has 1 heterocycles. The summed E-state index contributed by atoms with van der Waals surface area (Å²) in [6, 6.07) is -0.130. The lowest BCUT2D eigenvalue weighted by molar-refractivity contribution is -0.125. The van der Waals surface area contributed by atoms with Crippen LogP contribution < -0.4 is 11.1 Å². The Hall–Kier alpha value is -0.0700. The van der Waals surface area contributed by atoms with E-state index in [1.165, 1.54) is 0 Å². The molecule has 0 aromatic heterocycles. The van der Waals surface area contributed by atoms with Crippen LogP contribution in [-0.2, 0) is 9.53 Å². The molecule has 0 radical (unpaired) electrons. The third kappa shape index (κ3) is 7.47. The normalized spacial score (nSPS) is 18.9. The fraction of sp³-hybridized carbons (Fsp3) is 0.933. The van der Waals surface area contributed by atoms with E-state index in [0.717, 1.165) is 26.3 Å². The quantitative estimate of drug-likeness (QED) is 0.785. The van der Waals surface area contributed by atoms with E-state index in [2.05, 4.69) is 24.1 Å². The van der Waals surface area contributed by atoms with Gasteiger partial charge in [-0.2, -0.15) is 0 Å². The van der Waals surface area contributed by atoms with Crippen molar-refractivity contribution < 1.29 is 9.53 Å². The van der Waals surface area contributed by atoms with Crippen molar-refractivity contribution in [1.29, 1.82) is 0 Å². The highest BCUT2D eigenvalue weighted by Crippen LogP contribution is 2.17. The molecule has 7 heteroatoms. The third-order valence-electron chi connectivity index (χ3n) is 3.99. The average molecular weight is 358 g/mol. The van der Waals surface area contributed by atoms with E-state index in [9.17, 15) is 4.79 Å². The Morgan fingerprint density at radius 1 is 1.23 bits per heavy atom. The predicted molar refractivity (Wildman–Crippen MR) is 96.0 cm³/mol. The molecule has 3 N–H and O–H groups in total. The molecule has 1 unspecified atom stereocenters. The fourth-order valence-corrected chi connectivity index (χ4v) is 2.40. The zero-order chi connectivity index (χ0) is 15.3. The second kappa shape index (κ2) is 10.7. The van der Waals surface area contributed by atoms with Gasteiger partial charge in [0.15, 0.2) is 0 Å². The van der Waals surface area contributed by atoms with E-state index >= 15 is 0 Å². The molecule has 1 saturated heterocycles. The van der Waals surface area contributed by atoms with E-state index in [1.807, 2.05) is 20.8 Å². The minimum absolute atomic E-state index is 0. The number of hydrogen-bond acceptors (Lipinski definition) is 4. The molecule has 0 aromatic rings. The topological polar surface area (TPSA) is 67.6 Å². The van der Waals surface area contributed by atoms with Gasteiger partial charge in [-0.1, -0.05) is 34.6 Å². The Bertz CT molecular complexity index is 316. The van der Waals surface area contributed by atoms with Crippen molar-refractivity contribution >= 4 is 30.7 Å². The number of morpholine rings is 1. The molecule has 0 bridgehead atoms. The number of rotatable bonds is 5. The number of nitrogens with one attached hydrogen (secondary N) is 1. The first-order chi connectivity index (χ1) is 9.23.